The lowest BCUT2D eigenvalue weighted by molar-refractivity contribution is -0.134. The van der Waals surface area contributed by atoms with E-state index in [-0.39, 0.29) is 0 Å². The lowest BCUT2D eigenvalue weighted by atomic mass is 10.4. The maximum atomic E-state index is 9.00. The quantitative estimate of drug-likeness (QED) is 0.711. The van der Waals surface area contributed by atoms with Gasteiger partial charge in [0.1, 0.15) is 0 Å². The second-order valence-electron chi connectivity index (χ2n) is 1.87. The minimum Gasteiger partial charge on any atom is -0.481 e. The summed E-state index contributed by atoms with van der Waals surface area (Å²) in [6.07, 6.45) is 3.88. The van der Waals surface area contributed by atoms with Crippen LogP contribution in [0.2, 0.25) is 0 Å². The molecule has 0 saturated carbocycles. The Labute approximate surface area is 73.6 Å². The normalized spacial score (nSPS) is 8.18. The first-order chi connectivity index (χ1) is 5.16. The molecule has 1 heterocycles. The van der Waals surface area contributed by atoms with E-state index in [4.69, 9.17) is 9.90 Å². The number of aliphatic carboxylic acids is 1. The van der Waals surface area contributed by atoms with E-state index in [0.29, 0.717) is 0 Å². The summed E-state index contributed by atoms with van der Waals surface area (Å²) in [5.74, 6) is -0.833. The molecule has 0 aromatic carbocycles. The first-order valence-corrected chi connectivity index (χ1v) is 4.16. The Kier molecular flexibility index (Phi) is 5.56. The van der Waals surface area contributed by atoms with Crippen molar-refractivity contribution < 1.29 is 9.90 Å². The zero-order valence-corrected chi connectivity index (χ0v) is 7.76. The van der Waals surface area contributed by atoms with Gasteiger partial charge in [-0.05, 0) is 11.6 Å². The highest BCUT2D eigenvalue weighted by Gasteiger charge is 1.82. The van der Waals surface area contributed by atoms with E-state index in [2.05, 4.69) is 20.9 Å². The van der Waals surface area contributed by atoms with E-state index in [1.165, 1.54) is 5.56 Å². The lowest BCUT2D eigenvalue weighted by Crippen LogP contribution is -1.78. The fourth-order valence-electron chi connectivity index (χ4n) is 0.442. The molecule has 62 valence electrons. The molecule has 1 aromatic heterocycles. The molecule has 2 N–H and O–H groups in total. The van der Waals surface area contributed by atoms with Gasteiger partial charge >= 0.3 is 0 Å². The Hall–Kier alpha value is -0.770. The zero-order valence-electron chi connectivity index (χ0n) is 6.17. The first kappa shape index (κ1) is 10.2. The monoisotopic (exact) mass is 219 g/mol. The number of hydrogen-bond donors (Lipinski definition) is 2. The van der Waals surface area contributed by atoms with E-state index in [9.17, 15) is 0 Å². The third kappa shape index (κ3) is 7.12. The van der Waals surface area contributed by atoms with Gasteiger partial charge in [0.2, 0.25) is 0 Å². The highest BCUT2D eigenvalue weighted by atomic mass is 79.9. The molecule has 0 bridgehead atoms. The molecule has 0 spiro atoms. The molecule has 3 nitrogen and oxygen atoms in total. The van der Waals surface area contributed by atoms with Crippen molar-refractivity contribution in [1.82, 2.24) is 4.98 Å². The second kappa shape index (κ2) is 5.97. The fraction of sp³-hybridized carbons (Fsp3) is 0.286. The third-order valence-corrected chi connectivity index (χ3v) is 1.46. The van der Waals surface area contributed by atoms with Crippen LogP contribution in [-0.4, -0.2) is 16.1 Å². The molecular weight excluding hydrogens is 210 g/mol. The zero-order chi connectivity index (χ0) is 8.69. The van der Waals surface area contributed by atoms with Gasteiger partial charge in [0.15, 0.2) is 0 Å². The molecule has 0 atom stereocenters. The van der Waals surface area contributed by atoms with E-state index in [1.54, 1.807) is 0 Å². The Balaban J connectivity index is 0.000000218. The van der Waals surface area contributed by atoms with Crippen LogP contribution in [0.15, 0.2) is 18.5 Å². The highest BCUT2D eigenvalue weighted by Crippen LogP contribution is 2.00. The van der Waals surface area contributed by atoms with Gasteiger partial charge in [-0.1, -0.05) is 15.9 Å². The molecule has 0 radical (unpaired) electrons. The molecule has 11 heavy (non-hydrogen) atoms. The van der Waals surface area contributed by atoms with Gasteiger partial charge in [-0.15, -0.1) is 0 Å². The van der Waals surface area contributed by atoms with E-state index in [0.717, 1.165) is 12.3 Å². The topological polar surface area (TPSA) is 53.1 Å². The van der Waals surface area contributed by atoms with Crippen molar-refractivity contribution in [2.24, 2.45) is 0 Å². The Morgan fingerprint density at radius 1 is 1.82 bits per heavy atom. The standard InChI is InChI=1S/C5H6BrN.C2H4O2/c6-3-5-1-2-7-4-5;1-2(3)4/h1-2,4,7H,3H2;1H3,(H,3,4). The predicted molar refractivity (Wildman–Crippen MR) is 46.7 cm³/mol. The molecule has 4 heteroatoms. The van der Waals surface area contributed by atoms with Gasteiger partial charge in [-0.25, -0.2) is 0 Å². The molecule has 0 aliphatic heterocycles. The van der Waals surface area contributed by atoms with E-state index < -0.39 is 5.97 Å². The summed E-state index contributed by atoms with van der Waals surface area (Å²) in [4.78, 5) is 12.0. The minimum absolute atomic E-state index is 0.833. The van der Waals surface area contributed by atoms with Crippen molar-refractivity contribution in [1.29, 1.82) is 0 Å². The van der Waals surface area contributed by atoms with Gasteiger partial charge in [-0.3, -0.25) is 4.79 Å². The number of carboxylic acid groups (broad SMARTS) is 1. The molecule has 1 aromatic rings. The molecule has 0 amide bonds. The molecule has 0 aliphatic carbocycles. The van der Waals surface area contributed by atoms with Crippen molar-refractivity contribution in [3.8, 4) is 0 Å². The van der Waals surface area contributed by atoms with Crippen LogP contribution in [0.5, 0.6) is 0 Å². The maximum absolute atomic E-state index is 9.00. The Morgan fingerprint density at radius 3 is 2.55 bits per heavy atom. The summed E-state index contributed by atoms with van der Waals surface area (Å²) in [6.45, 7) is 1.08. The molecule has 0 saturated heterocycles. The van der Waals surface area contributed by atoms with Crippen LogP contribution in [0.3, 0.4) is 0 Å². The first-order valence-electron chi connectivity index (χ1n) is 3.04. The van der Waals surface area contributed by atoms with E-state index in [1.807, 2.05) is 18.5 Å². The van der Waals surface area contributed by atoms with Gasteiger partial charge in [-0.2, -0.15) is 0 Å². The number of aromatic nitrogens is 1. The summed E-state index contributed by atoms with van der Waals surface area (Å²) < 4.78 is 0. The summed E-state index contributed by atoms with van der Waals surface area (Å²) in [7, 11) is 0. The SMILES string of the molecule is BrCc1cc[nH]c1.CC(=O)O. The average Bonchev–Trinajstić information content (AvgIpc) is 2.36. The Bertz CT molecular complexity index is 192. The number of carboxylic acids is 1. The van der Waals surface area contributed by atoms with Crippen LogP contribution in [0, 0.1) is 0 Å². The van der Waals surface area contributed by atoms with Crippen LogP contribution in [0.4, 0.5) is 0 Å². The van der Waals surface area contributed by atoms with Gasteiger partial charge < -0.3 is 10.1 Å². The molecule has 0 aliphatic rings. The van der Waals surface area contributed by atoms with Crippen molar-refractivity contribution in [2.45, 2.75) is 12.3 Å². The number of alkyl halides is 1. The Morgan fingerprint density at radius 2 is 2.36 bits per heavy atom. The number of nitrogens with one attached hydrogen (secondary N) is 1. The second-order valence-corrected chi connectivity index (χ2v) is 2.43. The maximum Gasteiger partial charge on any atom is 0.300 e. The smallest absolute Gasteiger partial charge is 0.300 e. The number of H-pyrrole nitrogens is 1. The molecular formula is C7H10BrNO2. The van der Waals surface area contributed by atoms with Crippen LogP contribution in [-0.2, 0) is 10.1 Å². The number of aromatic amines is 1. The van der Waals surface area contributed by atoms with Crippen molar-refractivity contribution in [3.63, 3.8) is 0 Å². The largest absolute Gasteiger partial charge is 0.481 e. The van der Waals surface area contributed by atoms with E-state index >= 15 is 0 Å². The molecule has 0 unspecified atom stereocenters. The average molecular weight is 220 g/mol. The van der Waals surface area contributed by atoms with Crippen LogP contribution >= 0.6 is 15.9 Å². The van der Waals surface area contributed by atoms with Gasteiger partial charge in [0.05, 0.1) is 0 Å². The summed E-state index contributed by atoms with van der Waals surface area (Å²) in [6, 6.07) is 2.04. The molecule has 0 fully saturated rings. The van der Waals surface area contributed by atoms with Crippen molar-refractivity contribution in [3.05, 3.63) is 24.0 Å². The highest BCUT2D eigenvalue weighted by molar-refractivity contribution is 9.08. The summed E-state index contributed by atoms with van der Waals surface area (Å²) in [5.41, 5.74) is 1.29. The lowest BCUT2D eigenvalue weighted by Gasteiger charge is -1.76. The predicted octanol–water partition coefficient (Wildman–Crippen LogP) is 2.00. The van der Waals surface area contributed by atoms with Gasteiger partial charge in [0.25, 0.3) is 5.97 Å². The molecule has 1 rings (SSSR count). The minimum atomic E-state index is -0.833. The van der Waals surface area contributed by atoms with Crippen LogP contribution in [0.1, 0.15) is 12.5 Å². The van der Waals surface area contributed by atoms with Crippen molar-refractivity contribution >= 4 is 21.9 Å². The number of carbonyl (C=O) groups is 1. The summed E-state index contributed by atoms with van der Waals surface area (Å²) in [5, 5.41) is 8.36. The number of rotatable bonds is 1. The fourth-order valence-corrected chi connectivity index (χ4v) is 0.790. The number of halogens is 1. The van der Waals surface area contributed by atoms with Gasteiger partial charge in [0, 0.05) is 24.6 Å². The third-order valence-electron chi connectivity index (χ3n) is 0.817. The summed E-state index contributed by atoms with van der Waals surface area (Å²) >= 11 is 3.32. The van der Waals surface area contributed by atoms with Crippen LogP contribution in [0.25, 0.3) is 0 Å². The van der Waals surface area contributed by atoms with Crippen LogP contribution < -0.4 is 0 Å². The van der Waals surface area contributed by atoms with Crippen molar-refractivity contribution in [2.75, 3.05) is 0 Å². The number of hydrogen-bond acceptors (Lipinski definition) is 1.